The number of ether oxygens (including phenoxy) is 1. The normalized spacial score (nSPS) is 10.3. The van der Waals surface area contributed by atoms with Crippen LogP contribution in [0.1, 0.15) is 20.7 Å². The molecule has 8 nitrogen and oxygen atoms in total. The number of Topliss-reactive ketones (excluding diaryl/α,β-unsaturated/α-hetero) is 1. The number of hydrogen-bond donors (Lipinski definition) is 1. The number of carbonyl (C=O) groups excluding carboxylic acids is 3. The topological polar surface area (TPSA) is 116 Å². The molecule has 0 fully saturated rings. The Morgan fingerprint density at radius 2 is 1.70 bits per heavy atom. The smallest absolute Gasteiger partial charge is 0.339 e. The van der Waals surface area contributed by atoms with Crippen LogP contribution in [-0.2, 0) is 9.53 Å². The summed E-state index contributed by atoms with van der Waals surface area (Å²) in [6, 6.07) is 19.4. The first-order chi connectivity index (χ1) is 15.8. The zero-order valence-corrected chi connectivity index (χ0v) is 19.4. The molecular formula is C23H17BrN2O6S. The van der Waals surface area contributed by atoms with Crippen molar-refractivity contribution < 1.29 is 24.0 Å². The molecule has 3 aromatic carbocycles. The molecule has 0 aliphatic carbocycles. The first kappa shape index (κ1) is 24.1. The zero-order chi connectivity index (χ0) is 23.8. The van der Waals surface area contributed by atoms with E-state index in [1.54, 1.807) is 48.5 Å². The van der Waals surface area contributed by atoms with E-state index >= 15 is 0 Å². The number of anilines is 1. The van der Waals surface area contributed by atoms with Crippen molar-refractivity contribution >= 4 is 56.7 Å². The average molecular weight is 529 g/mol. The minimum Gasteiger partial charge on any atom is -0.452 e. The van der Waals surface area contributed by atoms with Gasteiger partial charge in [0.25, 0.3) is 11.6 Å². The highest BCUT2D eigenvalue weighted by molar-refractivity contribution is 9.10. The van der Waals surface area contributed by atoms with E-state index in [2.05, 4.69) is 21.2 Å². The van der Waals surface area contributed by atoms with Crippen LogP contribution in [0.5, 0.6) is 0 Å². The molecule has 0 aliphatic rings. The molecule has 0 aliphatic heterocycles. The van der Waals surface area contributed by atoms with Crippen molar-refractivity contribution in [3.8, 4) is 0 Å². The summed E-state index contributed by atoms with van der Waals surface area (Å²) >= 11 is 4.37. The number of amides is 1. The molecule has 0 spiro atoms. The van der Waals surface area contributed by atoms with Gasteiger partial charge in [-0.3, -0.25) is 19.7 Å². The number of hydrogen-bond acceptors (Lipinski definition) is 7. The number of carbonyl (C=O) groups is 3. The van der Waals surface area contributed by atoms with Gasteiger partial charge in [0.2, 0.25) is 0 Å². The van der Waals surface area contributed by atoms with Gasteiger partial charge in [0.15, 0.2) is 12.4 Å². The molecule has 168 valence electrons. The summed E-state index contributed by atoms with van der Waals surface area (Å²) in [6.45, 7) is -0.551. The summed E-state index contributed by atoms with van der Waals surface area (Å²) in [4.78, 5) is 47.9. The lowest BCUT2D eigenvalue weighted by atomic mass is 10.2. The van der Waals surface area contributed by atoms with Crippen molar-refractivity contribution in [3.05, 3.63) is 98.5 Å². The number of nitro benzene ring substituents is 1. The van der Waals surface area contributed by atoms with Crippen LogP contribution in [0, 0.1) is 10.1 Å². The number of thioether (sulfide) groups is 1. The summed E-state index contributed by atoms with van der Waals surface area (Å²) in [5, 5.41) is 13.3. The molecule has 3 rings (SSSR count). The fourth-order valence-corrected chi connectivity index (χ4v) is 4.13. The second kappa shape index (κ2) is 11.4. The molecule has 33 heavy (non-hydrogen) atoms. The van der Waals surface area contributed by atoms with Gasteiger partial charge in [-0.2, -0.15) is 0 Å². The first-order valence-corrected chi connectivity index (χ1v) is 11.3. The third kappa shape index (κ3) is 6.74. The third-order valence-corrected chi connectivity index (χ3v) is 6.06. The van der Waals surface area contributed by atoms with E-state index in [1.807, 2.05) is 6.07 Å². The average Bonchev–Trinajstić information content (AvgIpc) is 2.83. The summed E-state index contributed by atoms with van der Waals surface area (Å²) < 4.78 is 5.44. The van der Waals surface area contributed by atoms with Gasteiger partial charge < -0.3 is 10.1 Å². The Morgan fingerprint density at radius 3 is 2.39 bits per heavy atom. The number of benzene rings is 3. The SMILES string of the molecule is O=C(COC(=O)c1ccccc1SCC(=O)c1ccccc1)Nc1ccc([N+](=O)[O-])cc1Br. The predicted molar refractivity (Wildman–Crippen MR) is 128 cm³/mol. The van der Waals surface area contributed by atoms with Gasteiger partial charge >= 0.3 is 5.97 Å². The highest BCUT2D eigenvalue weighted by Gasteiger charge is 2.17. The highest BCUT2D eigenvalue weighted by Crippen LogP contribution is 2.27. The maximum absolute atomic E-state index is 12.5. The van der Waals surface area contributed by atoms with E-state index in [9.17, 15) is 24.5 Å². The molecule has 0 radical (unpaired) electrons. The maximum Gasteiger partial charge on any atom is 0.339 e. The molecule has 1 N–H and O–H groups in total. The Hall–Kier alpha value is -3.50. The first-order valence-electron chi connectivity index (χ1n) is 9.56. The lowest BCUT2D eigenvalue weighted by molar-refractivity contribution is -0.384. The lowest BCUT2D eigenvalue weighted by Crippen LogP contribution is -2.21. The summed E-state index contributed by atoms with van der Waals surface area (Å²) in [6.07, 6.45) is 0. The van der Waals surface area contributed by atoms with E-state index in [0.29, 0.717) is 20.6 Å². The van der Waals surface area contributed by atoms with Gasteiger partial charge in [-0.25, -0.2) is 4.79 Å². The number of nitrogens with zero attached hydrogens (tertiary/aromatic N) is 1. The molecule has 0 heterocycles. The Balaban J connectivity index is 1.58. The number of rotatable bonds is 9. The van der Waals surface area contributed by atoms with Crippen LogP contribution in [0.4, 0.5) is 11.4 Å². The molecule has 10 heteroatoms. The molecule has 0 aromatic heterocycles. The standard InChI is InChI=1S/C23H17BrN2O6S/c24-18-12-16(26(30)31)10-11-19(18)25-22(28)13-32-23(29)17-8-4-5-9-21(17)33-14-20(27)15-6-2-1-3-7-15/h1-12H,13-14H2,(H,25,28). The number of ketones is 1. The predicted octanol–water partition coefficient (Wildman–Crippen LogP) is 5.13. The van der Waals surface area contributed by atoms with Gasteiger partial charge in [0.05, 0.1) is 21.9 Å². The number of non-ortho nitro benzene ring substituents is 1. The van der Waals surface area contributed by atoms with Gasteiger partial charge in [0, 0.05) is 27.1 Å². The van der Waals surface area contributed by atoms with Crippen LogP contribution in [0.2, 0.25) is 0 Å². The minimum absolute atomic E-state index is 0.0724. The second-order valence-corrected chi connectivity index (χ2v) is 8.49. The van der Waals surface area contributed by atoms with E-state index in [1.165, 1.54) is 30.0 Å². The lowest BCUT2D eigenvalue weighted by Gasteiger charge is -2.10. The van der Waals surface area contributed by atoms with Gasteiger partial charge in [-0.1, -0.05) is 42.5 Å². The molecular weight excluding hydrogens is 512 g/mol. The second-order valence-electron chi connectivity index (χ2n) is 6.62. The fourth-order valence-electron chi connectivity index (χ4n) is 2.73. The number of nitrogens with one attached hydrogen (secondary N) is 1. The van der Waals surface area contributed by atoms with Crippen molar-refractivity contribution in [2.24, 2.45) is 0 Å². The maximum atomic E-state index is 12.5. The Kier molecular flexibility index (Phi) is 8.34. The van der Waals surface area contributed by atoms with E-state index < -0.39 is 23.4 Å². The Labute approximate surface area is 201 Å². The van der Waals surface area contributed by atoms with Crippen molar-refractivity contribution in [2.45, 2.75) is 4.90 Å². The number of halogens is 1. The van der Waals surface area contributed by atoms with Gasteiger partial charge in [-0.15, -0.1) is 11.8 Å². The molecule has 0 bridgehead atoms. The minimum atomic E-state index is -0.705. The van der Waals surface area contributed by atoms with Crippen molar-refractivity contribution in [3.63, 3.8) is 0 Å². The Bertz CT molecular complexity index is 1200. The number of nitro groups is 1. The summed E-state index contributed by atoms with van der Waals surface area (Å²) in [5.74, 6) is -1.24. The van der Waals surface area contributed by atoms with Crippen molar-refractivity contribution in [1.82, 2.24) is 0 Å². The van der Waals surface area contributed by atoms with Crippen LogP contribution in [0.15, 0.2) is 82.2 Å². The molecule has 0 unspecified atom stereocenters. The van der Waals surface area contributed by atoms with Crippen LogP contribution >= 0.6 is 27.7 Å². The molecule has 0 atom stereocenters. The quantitative estimate of drug-likeness (QED) is 0.134. The number of esters is 1. The fraction of sp³-hybridized carbons (Fsp3) is 0.0870. The summed E-state index contributed by atoms with van der Waals surface area (Å²) in [5.41, 5.74) is 0.995. The monoisotopic (exact) mass is 528 g/mol. The molecule has 0 saturated heterocycles. The molecule has 3 aromatic rings. The van der Waals surface area contributed by atoms with Crippen LogP contribution in [0.3, 0.4) is 0 Å². The van der Waals surface area contributed by atoms with Gasteiger partial charge in [-0.05, 0) is 34.1 Å². The van der Waals surface area contributed by atoms with Crippen molar-refractivity contribution in [2.75, 3.05) is 17.7 Å². The van der Waals surface area contributed by atoms with E-state index in [-0.39, 0.29) is 22.8 Å². The van der Waals surface area contributed by atoms with Crippen molar-refractivity contribution in [1.29, 1.82) is 0 Å². The highest BCUT2D eigenvalue weighted by atomic mass is 79.9. The van der Waals surface area contributed by atoms with Crippen LogP contribution in [0.25, 0.3) is 0 Å². The van der Waals surface area contributed by atoms with E-state index in [4.69, 9.17) is 4.74 Å². The summed E-state index contributed by atoms with van der Waals surface area (Å²) in [7, 11) is 0. The molecule has 1 amide bonds. The third-order valence-electron chi connectivity index (χ3n) is 4.33. The van der Waals surface area contributed by atoms with E-state index in [0.717, 1.165) is 0 Å². The zero-order valence-electron chi connectivity index (χ0n) is 17.0. The molecule has 0 saturated carbocycles. The Morgan fingerprint density at radius 1 is 1.00 bits per heavy atom. The van der Waals surface area contributed by atoms with Gasteiger partial charge in [0.1, 0.15) is 0 Å². The van der Waals surface area contributed by atoms with Crippen LogP contribution < -0.4 is 5.32 Å². The van der Waals surface area contributed by atoms with Crippen LogP contribution in [-0.4, -0.2) is 34.9 Å². The largest absolute Gasteiger partial charge is 0.452 e.